The number of aromatic nitrogens is 4. The number of para-hydroxylation sites is 2. The second kappa shape index (κ2) is 5.86. The van der Waals surface area contributed by atoms with Gasteiger partial charge in [-0.3, -0.25) is 9.20 Å². The van der Waals surface area contributed by atoms with Crippen molar-refractivity contribution in [2.75, 3.05) is 6.61 Å². The number of rotatable bonds is 3. The summed E-state index contributed by atoms with van der Waals surface area (Å²) in [6, 6.07) is 16.2. The molecule has 4 rings (SSSR count). The molecule has 7 heteroatoms. The minimum Gasteiger partial charge on any atom is -0.460 e. The van der Waals surface area contributed by atoms with E-state index in [1.165, 1.54) is 4.57 Å². The highest BCUT2D eigenvalue weighted by atomic mass is 16.5. The van der Waals surface area contributed by atoms with E-state index in [9.17, 15) is 9.59 Å². The lowest BCUT2D eigenvalue weighted by molar-refractivity contribution is 0.0511. The van der Waals surface area contributed by atoms with E-state index >= 15 is 0 Å². The van der Waals surface area contributed by atoms with Gasteiger partial charge in [-0.1, -0.05) is 30.3 Å². The molecule has 0 saturated heterocycles. The van der Waals surface area contributed by atoms with Crippen LogP contribution in [0.15, 0.2) is 59.4 Å². The highest BCUT2D eigenvalue weighted by Crippen LogP contribution is 2.18. The molecule has 25 heavy (non-hydrogen) atoms. The predicted octanol–water partition coefficient (Wildman–Crippen LogP) is 2.21. The van der Waals surface area contributed by atoms with Crippen molar-refractivity contribution >= 4 is 22.6 Å². The number of hydrogen-bond donors (Lipinski definition) is 0. The molecular weight excluding hydrogens is 320 g/mol. The fourth-order valence-corrected chi connectivity index (χ4v) is 2.84. The summed E-state index contributed by atoms with van der Waals surface area (Å²) in [6.45, 7) is 1.95. The molecular formula is C18H14N4O3. The van der Waals surface area contributed by atoms with Crippen LogP contribution in [0.25, 0.3) is 22.4 Å². The van der Waals surface area contributed by atoms with E-state index in [1.807, 2.05) is 18.2 Å². The molecule has 0 N–H and O–H groups in total. The average Bonchev–Trinajstić information content (AvgIpc) is 3.08. The Morgan fingerprint density at radius 2 is 1.76 bits per heavy atom. The molecule has 2 aromatic heterocycles. The maximum absolute atomic E-state index is 13.0. The van der Waals surface area contributed by atoms with E-state index in [-0.39, 0.29) is 23.8 Å². The van der Waals surface area contributed by atoms with Gasteiger partial charge in [0.2, 0.25) is 11.6 Å². The summed E-state index contributed by atoms with van der Waals surface area (Å²) in [5.74, 6) is -0.283. The van der Waals surface area contributed by atoms with Gasteiger partial charge in [0.25, 0.3) is 5.56 Å². The van der Waals surface area contributed by atoms with E-state index in [2.05, 4.69) is 10.2 Å². The zero-order valence-corrected chi connectivity index (χ0v) is 13.4. The number of carbonyl (C=O) groups excluding carboxylic acids is 1. The quantitative estimate of drug-likeness (QED) is 0.537. The Morgan fingerprint density at radius 1 is 1.04 bits per heavy atom. The molecule has 0 spiro atoms. The van der Waals surface area contributed by atoms with Crippen molar-refractivity contribution in [1.29, 1.82) is 0 Å². The molecule has 124 valence electrons. The lowest BCUT2D eigenvalue weighted by atomic mass is 10.2. The third-order valence-corrected chi connectivity index (χ3v) is 3.90. The molecule has 0 fully saturated rings. The van der Waals surface area contributed by atoms with E-state index in [1.54, 1.807) is 47.7 Å². The van der Waals surface area contributed by atoms with Crippen LogP contribution in [0.3, 0.4) is 0 Å². The van der Waals surface area contributed by atoms with Gasteiger partial charge in [0.1, 0.15) is 0 Å². The number of ether oxygens (including phenoxy) is 1. The van der Waals surface area contributed by atoms with Gasteiger partial charge >= 0.3 is 5.97 Å². The van der Waals surface area contributed by atoms with E-state index in [0.29, 0.717) is 16.6 Å². The minimum atomic E-state index is -0.585. The van der Waals surface area contributed by atoms with Gasteiger partial charge in [0.05, 0.1) is 23.2 Å². The molecule has 2 heterocycles. The number of nitrogens with zero attached hydrogens (tertiary/aromatic N) is 4. The van der Waals surface area contributed by atoms with Crippen LogP contribution in [0.2, 0.25) is 0 Å². The Morgan fingerprint density at radius 3 is 2.52 bits per heavy atom. The van der Waals surface area contributed by atoms with Crippen molar-refractivity contribution in [3.8, 4) is 5.69 Å². The first-order chi connectivity index (χ1) is 12.2. The van der Waals surface area contributed by atoms with Crippen LogP contribution in [0.1, 0.15) is 17.5 Å². The summed E-state index contributed by atoms with van der Waals surface area (Å²) in [6.07, 6.45) is 0. The number of hydrogen-bond acceptors (Lipinski definition) is 5. The van der Waals surface area contributed by atoms with Crippen LogP contribution in [-0.4, -0.2) is 31.7 Å². The summed E-state index contributed by atoms with van der Waals surface area (Å²) in [7, 11) is 0. The molecule has 0 atom stereocenters. The van der Waals surface area contributed by atoms with Crippen molar-refractivity contribution in [3.05, 3.63) is 70.8 Å². The third kappa shape index (κ3) is 2.28. The highest BCUT2D eigenvalue weighted by Gasteiger charge is 2.22. The third-order valence-electron chi connectivity index (χ3n) is 3.90. The Balaban J connectivity index is 2.17. The topological polar surface area (TPSA) is 78.5 Å². The molecule has 0 aliphatic carbocycles. The predicted molar refractivity (Wildman–Crippen MR) is 92.0 cm³/mol. The monoisotopic (exact) mass is 334 g/mol. The van der Waals surface area contributed by atoms with Crippen LogP contribution in [0, 0.1) is 0 Å². The smallest absolute Gasteiger partial charge is 0.376 e. The van der Waals surface area contributed by atoms with Crippen molar-refractivity contribution in [3.63, 3.8) is 0 Å². The van der Waals surface area contributed by atoms with Crippen LogP contribution in [-0.2, 0) is 4.74 Å². The molecule has 0 aliphatic rings. The summed E-state index contributed by atoms with van der Waals surface area (Å²) in [4.78, 5) is 25.3. The van der Waals surface area contributed by atoms with E-state index in [4.69, 9.17) is 4.74 Å². The largest absolute Gasteiger partial charge is 0.460 e. The van der Waals surface area contributed by atoms with Gasteiger partial charge < -0.3 is 4.74 Å². The lowest BCUT2D eigenvalue weighted by Gasteiger charge is -2.11. The fraction of sp³-hybridized carbons (Fsp3) is 0.111. The number of carbonyl (C=O) groups is 1. The summed E-state index contributed by atoms with van der Waals surface area (Å²) in [5.41, 5.74) is 0.978. The second-order valence-electron chi connectivity index (χ2n) is 5.37. The number of esters is 1. The lowest BCUT2D eigenvalue weighted by Crippen LogP contribution is -2.22. The molecule has 0 amide bonds. The molecule has 0 aliphatic heterocycles. The molecule has 0 saturated carbocycles. The zero-order chi connectivity index (χ0) is 17.4. The van der Waals surface area contributed by atoms with Crippen LogP contribution in [0.5, 0.6) is 0 Å². The van der Waals surface area contributed by atoms with Gasteiger partial charge in [-0.25, -0.2) is 9.36 Å². The Labute approximate surface area is 142 Å². The SMILES string of the molecule is CCOC(=O)c1nnc2n(-c3ccccc3)c(=O)c3ccccc3n12. The molecule has 0 unspecified atom stereocenters. The number of fused-ring (bicyclic) bond motifs is 3. The van der Waals surface area contributed by atoms with Gasteiger partial charge in [-0.05, 0) is 31.2 Å². The van der Waals surface area contributed by atoms with Crippen molar-refractivity contribution in [2.24, 2.45) is 0 Å². The Kier molecular flexibility index (Phi) is 3.53. The normalized spacial score (nSPS) is 11.1. The van der Waals surface area contributed by atoms with E-state index < -0.39 is 5.97 Å². The van der Waals surface area contributed by atoms with Gasteiger partial charge in [0.15, 0.2) is 0 Å². The molecule has 4 aromatic rings. The molecule has 0 radical (unpaired) electrons. The first-order valence-electron chi connectivity index (χ1n) is 7.84. The van der Waals surface area contributed by atoms with Crippen molar-refractivity contribution in [2.45, 2.75) is 6.92 Å². The van der Waals surface area contributed by atoms with Crippen molar-refractivity contribution < 1.29 is 9.53 Å². The van der Waals surface area contributed by atoms with Crippen LogP contribution >= 0.6 is 0 Å². The summed E-state index contributed by atoms with van der Waals surface area (Å²) < 4.78 is 8.07. The van der Waals surface area contributed by atoms with Gasteiger partial charge in [-0.2, -0.15) is 0 Å². The first-order valence-corrected chi connectivity index (χ1v) is 7.84. The molecule has 2 aromatic carbocycles. The summed E-state index contributed by atoms with van der Waals surface area (Å²) in [5, 5.41) is 8.52. The summed E-state index contributed by atoms with van der Waals surface area (Å²) >= 11 is 0. The molecule has 0 bridgehead atoms. The van der Waals surface area contributed by atoms with Crippen LogP contribution < -0.4 is 5.56 Å². The van der Waals surface area contributed by atoms with Crippen LogP contribution in [0.4, 0.5) is 0 Å². The van der Waals surface area contributed by atoms with E-state index in [0.717, 1.165) is 0 Å². The van der Waals surface area contributed by atoms with Crippen molar-refractivity contribution in [1.82, 2.24) is 19.2 Å². The Hall–Kier alpha value is -3.48. The average molecular weight is 334 g/mol. The Bertz CT molecular complexity index is 1150. The first kappa shape index (κ1) is 15.1. The maximum atomic E-state index is 13.0. The molecule has 7 nitrogen and oxygen atoms in total. The minimum absolute atomic E-state index is 0.0396. The standard InChI is InChI=1S/C18H14N4O3/c1-2-25-17(24)15-19-20-18-21(12-8-4-3-5-9-12)16(23)13-10-6-7-11-14(13)22(15)18/h3-11H,2H2,1H3. The maximum Gasteiger partial charge on any atom is 0.376 e. The van der Waals surface area contributed by atoms with Gasteiger partial charge in [0, 0.05) is 0 Å². The second-order valence-corrected chi connectivity index (χ2v) is 5.37. The zero-order valence-electron chi connectivity index (χ0n) is 13.4. The number of benzene rings is 2. The van der Waals surface area contributed by atoms with Gasteiger partial charge in [-0.15, -0.1) is 10.2 Å². The highest BCUT2D eigenvalue weighted by molar-refractivity contribution is 5.90. The fourth-order valence-electron chi connectivity index (χ4n) is 2.84.